The van der Waals surface area contributed by atoms with Gasteiger partial charge in [0, 0.05) is 5.56 Å². The molecule has 15 heavy (non-hydrogen) atoms. The molecule has 0 saturated heterocycles. The number of aromatic carboxylic acids is 1. The average Bonchev–Trinajstić information content (AvgIpc) is 2.20. The molecule has 4 nitrogen and oxygen atoms in total. The van der Waals surface area contributed by atoms with Gasteiger partial charge in [0.1, 0.15) is 5.75 Å². The molecule has 0 unspecified atom stereocenters. The summed E-state index contributed by atoms with van der Waals surface area (Å²) in [6.07, 6.45) is 3.29. The van der Waals surface area contributed by atoms with Crippen LogP contribution in [0.25, 0.3) is 6.08 Å². The number of allylic oxidation sites excluding steroid dienone is 1. The van der Waals surface area contributed by atoms with E-state index < -0.39 is 5.97 Å². The van der Waals surface area contributed by atoms with Crippen molar-refractivity contribution >= 4 is 12.0 Å². The first-order valence-electron chi connectivity index (χ1n) is 4.25. The molecule has 76 valence electrons. The van der Waals surface area contributed by atoms with Gasteiger partial charge >= 0.3 is 5.97 Å². The van der Waals surface area contributed by atoms with E-state index in [9.17, 15) is 9.90 Å². The van der Waals surface area contributed by atoms with Crippen LogP contribution in [0.5, 0.6) is 5.75 Å². The monoisotopic (exact) mass is 203 g/mol. The van der Waals surface area contributed by atoms with Crippen molar-refractivity contribution in [2.24, 2.45) is 0 Å². The highest BCUT2D eigenvalue weighted by Crippen LogP contribution is 2.20. The summed E-state index contributed by atoms with van der Waals surface area (Å²) >= 11 is 0. The summed E-state index contributed by atoms with van der Waals surface area (Å²) in [7, 11) is 0. The second-order valence-electron chi connectivity index (χ2n) is 2.84. The third-order valence-electron chi connectivity index (χ3n) is 1.78. The largest absolute Gasteiger partial charge is 0.507 e. The first kappa shape index (κ1) is 10.8. The van der Waals surface area contributed by atoms with Gasteiger partial charge in [0.05, 0.1) is 18.1 Å². The third kappa shape index (κ3) is 2.85. The Morgan fingerprint density at radius 3 is 2.87 bits per heavy atom. The standard InChI is InChI=1S/C11H9NO3/c12-6-2-1-3-8-7-9(11(14)15)4-5-10(8)13/h1,3-5,7,13H,2H2,(H,14,15). The minimum Gasteiger partial charge on any atom is -0.507 e. The normalized spacial score (nSPS) is 10.1. The van der Waals surface area contributed by atoms with Crippen molar-refractivity contribution in [2.75, 3.05) is 0 Å². The van der Waals surface area contributed by atoms with Crippen LogP contribution in [-0.4, -0.2) is 16.2 Å². The van der Waals surface area contributed by atoms with Crippen molar-refractivity contribution in [3.63, 3.8) is 0 Å². The van der Waals surface area contributed by atoms with Gasteiger partial charge < -0.3 is 10.2 Å². The van der Waals surface area contributed by atoms with Crippen LogP contribution in [0.3, 0.4) is 0 Å². The molecule has 0 aliphatic carbocycles. The van der Waals surface area contributed by atoms with Gasteiger partial charge in [-0.3, -0.25) is 0 Å². The molecule has 0 heterocycles. The topological polar surface area (TPSA) is 81.3 Å². The van der Waals surface area contributed by atoms with E-state index in [-0.39, 0.29) is 17.7 Å². The zero-order valence-electron chi connectivity index (χ0n) is 7.84. The summed E-state index contributed by atoms with van der Waals surface area (Å²) < 4.78 is 0. The van der Waals surface area contributed by atoms with Gasteiger partial charge in [-0.25, -0.2) is 4.79 Å². The second-order valence-corrected chi connectivity index (χ2v) is 2.84. The number of benzene rings is 1. The zero-order valence-corrected chi connectivity index (χ0v) is 7.84. The van der Waals surface area contributed by atoms with Crippen molar-refractivity contribution in [1.29, 1.82) is 5.26 Å². The van der Waals surface area contributed by atoms with E-state index in [0.29, 0.717) is 5.56 Å². The highest BCUT2D eigenvalue weighted by Gasteiger charge is 2.05. The van der Waals surface area contributed by atoms with Gasteiger partial charge in [-0.1, -0.05) is 12.2 Å². The maximum absolute atomic E-state index is 10.6. The van der Waals surface area contributed by atoms with Crippen LogP contribution in [0, 0.1) is 11.3 Å². The van der Waals surface area contributed by atoms with Gasteiger partial charge in [-0.2, -0.15) is 5.26 Å². The summed E-state index contributed by atoms with van der Waals surface area (Å²) in [5.41, 5.74) is 0.495. The van der Waals surface area contributed by atoms with Crippen LogP contribution >= 0.6 is 0 Å². The lowest BCUT2D eigenvalue weighted by Crippen LogP contribution is -1.95. The van der Waals surface area contributed by atoms with Gasteiger partial charge in [0.15, 0.2) is 0 Å². The van der Waals surface area contributed by atoms with Gasteiger partial charge in [-0.15, -0.1) is 0 Å². The van der Waals surface area contributed by atoms with Gasteiger partial charge in [0.2, 0.25) is 0 Å². The van der Waals surface area contributed by atoms with Crippen molar-refractivity contribution in [3.05, 3.63) is 35.4 Å². The summed E-state index contributed by atoms with van der Waals surface area (Å²) in [5.74, 6) is -1.06. The van der Waals surface area contributed by atoms with E-state index in [1.165, 1.54) is 24.3 Å². The predicted octanol–water partition coefficient (Wildman–Crippen LogP) is 2.02. The van der Waals surface area contributed by atoms with E-state index in [1.54, 1.807) is 6.08 Å². The van der Waals surface area contributed by atoms with Crippen LogP contribution in [-0.2, 0) is 0 Å². The SMILES string of the molecule is N#CCC=Cc1cc(C(=O)O)ccc1O. The Balaban J connectivity index is 3.01. The number of carboxylic acids is 1. The molecule has 1 aromatic rings. The van der Waals surface area contributed by atoms with Gasteiger partial charge in [-0.05, 0) is 18.2 Å². The van der Waals surface area contributed by atoms with Crippen molar-refractivity contribution in [2.45, 2.75) is 6.42 Å². The molecule has 0 atom stereocenters. The number of phenolic OH excluding ortho intramolecular Hbond substituents is 1. The van der Waals surface area contributed by atoms with E-state index in [0.717, 1.165) is 0 Å². The number of nitrogens with zero attached hydrogens (tertiary/aromatic N) is 1. The lowest BCUT2D eigenvalue weighted by Gasteiger charge is -2.00. The number of carboxylic acid groups (broad SMARTS) is 1. The first-order chi connectivity index (χ1) is 7.15. The molecule has 1 aromatic carbocycles. The zero-order chi connectivity index (χ0) is 11.3. The van der Waals surface area contributed by atoms with Gasteiger partial charge in [0.25, 0.3) is 0 Å². The minimum absolute atomic E-state index is 0.00538. The molecule has 0 aliphatic heterocycles. The predicted molar refractivity (Wildman–Crippen MR) is 54.3 cm³/mol. The molecule has 0 aromatic heterocycles. The lowest BCUT2D eigenvalue weighted by molar-refractivity contribution is 0.0697. The maximum atomic E-state index is 10.6. The number of rotatable bonds is 3. The number of hydrogen-bond donors (Lipinski definition) is 2. The van der Waals surface area contributed by atoms with E-state index in [2.05, 4.69) is 0 Å². The molecule has 0 radical (unpaired) electrons. The fourth-order valence-electron chi connectivity index (χ4n) is 1.06. The van der Waals surface area contributed by atoms with Crippen molar-refractivity contribution < 1.29 is 15.0 Å². The molecule has 2 N–H and O–H groups in total. The Kier molecular flexibility index (Phi) is 3.47. The Hall–Kier alpha value is -2.28. The molecule has 0 spiro atoms. The van der Waals surface area contributed by atoms with E-state index >= 15 is 0 Å². The Bertz CT molecular complexity index is 444. The average molecular weight is 203 g/mol. The molecule has 4 heteroatoms. The second kappa shape index (κ2) is 4.82. The maximum Gasteiger partial charge on any atom is 0.335 e. The minimum atomic E-state index is -1.05. The van der Waals surface area contributed by atoms with Crippen LogP contribution in [0.2, 0.25) is 0 Å². The first-order valence-corrected chi connectivity index (χ1v) is 4.25. The molecule has 0 amide bonds. The van der Waals surface area contributed by atoms with Crippen molar-refractivity contribution in [3.8, 4) is 11.8 Å². The summed E-state index contributed by atoms with van der Waals surface area (Å²) in [6, 6.07) is 5.90. The number of phenols is 1. The molecule has 1 rings (SSSR count). The third-order valence-corrected chi connectivity index (χ3v) is 1.78. The molecule has 0 fully saturated rings. The smallest absolute Gasteiger partial charge is 0.335 e. The highest BCUT2D eigenvalue weighted by molar-refractivity contribution is 5.88. The molecule has 0 aliphatic rings. The highest BCUT2D eigenvalue weighted by atomic mass is 16.4. The Labute approximate surface area is 86.7 Å². The van der Waals surface area contributed by atoms with Crippen LogP contribution in [0.4, 0.5) is 0 Å². The Morgan fingerprint density at radius 2 is 2.27 bits per heavy atom. The Morgan fingerprint density at radius 1 is 1.53 bits per heavy atom. The molecular formula is C11H9NO3. The summed E-state index contributed by atoms with van der Waals surface area (Å²) in [6.45, 7) is 0. The number of carbonyl (C=O) groups is 1. The number of nitriles is 1. The summed E-state index contributed by atoms with van der Waals surface area (Å²) in [5, 5.41) is 26.4. The quantitative estimate of drug-likeness (QED) is 0.787. The summed E-state index contributed by atoms with van der Waals surface area (Å²) in [4.78, 5) is 10.6. The number of aromatic hydroxyl groups is 1. The van der Waals surface area contributed by atoms with Crippen LogP contribution in [0.1, 0.15) is 22.3 Å². The molecular weight excluding hydrogens is 194 g/mol. The van der Waals surface area contributed by atoms with Crippen LogP contribution < -0.4 is 0 Å². The fourth-order valence-corrected chi connectivity index (χ4v) is 1.06. The fraction of sp³-hybridized carbons (Fsp3) is 0.0909. The molecule has 0 bridgehead atoms. The molecule has 0 saturated carbocycles. The number of hydrogen-bond acceptors (Lipinski definition) is 3. The van der Waals surface area contributed by atoms with E-state index in [1.807, 2.05) is 6.07 Å². The van der Waals surface area contributed by atoms with Crippen molar-refractivity contribution in [1.82, 2.24) is 0 Å². The van der Waals surface area contributed by atoms with E-state index in [4.69, 9.17) is 10.4 Å². The lowest BCUT2D eigenvalue weighted by atomic mass is 10.1. The van der Waals surface area contributed by atoms with Crippen LogP contribution in [0.15, 0.2) is 24.3 Å².